The average molecular weight is 375 g/mol. The number of hydrogen-bond acceptors (Lipinski definition) is 4. The molecular formula is C23H25N3O2. The van der Waals surface area contributed by atoms with E-state index in [0.717, 1.165) is 25.1 Å². The van der Waals surface area contributed by atoms with Crippen molar-refractivity contribution in [1.29, 1.82) is 0 Å². The molecule has 5 heteroatoms. The molecule has 0 aliphatic rings. The molecule has 0 saturated carbocycles. The van der Waals surface area contributed by atoms with Gasteiger partial charge in [-0.05, 0) is 49.6 Å². The molecular weight excluding hydrogens is 350 g/mol. The fourth-order valence-corrected chi connectivity index (χ4v) is 2.87. The number of carbonyl (C=O) groups is 1. The van der Waals surface area contributed by atoms with Gasteiger partial charge in [-0.2, -0.15) is 0 Å². The van der Waals surface area contributed by atoms with Crippen molar-refractivity contribution in [2.24, 2.45) is 0 Å². The van der Waals surface area contributed by atoms with Gasteiger partial charge in [0.2, 0.25) is 0 Å². The molecule has 1 aromatic heterocycles. The quantitative estimate of drug-likeness (QED) is 0.529. The van der Waals surface area contributed by atoms with Crippen LogP contribution in [0.3, 0.4) is 0 Å². The number of amides is 1. The summed E-state index contributed by atoms with van der Waals surface area (Å²) >= 11 is 0. The van der Waals surface area contributed by atoms with E-state index in [1.807, 2.05) is 43.3 Å². The SMILES string of the molecule is CCOc1ccccc1NC(=O)c1cc(NCCCc2ccccc2)ccn1. The van der Waals surface area contributed by atoms with Gasteiger partial charge in [0, 0.05) is 18.4 Å². The number of aryl methyl sites for hydroxylation is 1. The van der Waals surface area contributed by atoms with Gasteiger partial charge in [0.25, 0.3) is 5.91 Å². The van der Waals surface area contributed by atoms with Crippen LogP contribution in [0.5, 0.6) is 5.75 Å². The summed E-state index contributed by atoms with van der Waals surface area (Å²) in [4.78, 5) is 16.8. The number of aromatic nitrogens is 1. The Morgan fingerprint density at radius 2 is 1.82 bits per heavy atom. The molecule has 2 aromatic carbocycles. The molecule has 3 aromatic rings. The van der Waals surface area contributed by atoms with Gasteiger partial charge >= 0.3 is 0 Å². The number of nitrogens with zero attached hydrogens (tertiary/aromatic N) is 1. The molecule has 1 heterocycles. The van der Waals surface area contributed by atoms with Crippen molar-refractivity contribution in [2.45, 2.75) is 19.8 Å². The van der Waals surface area contributed by atoms with E-state index in [2.05, 4.69) is 39.9 Å². The van der Waals surface area contributed by atoms with Gasteiger partial charge in [-0.1, -0.05) is 42.5 Å². The largest absolute Gasteiger partial charge is 0.492 e. The summed E-state index contributed by atoms with van der Waals surface area (Å²) in [7, 11) is 0. The molecule has 0 fully saturated rings. The topological polar surface area (TPSA) is 63.2 Å². The smallest absolute Gasteiger partial charge is 0.274 e. The summed E-state index contributed by atoms with van der Waals surface area (Å²) < 4.78 is 5.55. The van der Waals surface area contributed by atoms with Crippen LogP contribution in [-0.4, -0.2) is 24.0 Å². The first-order valence-corrected chi connectivity index (χ1v) is 9.53. The number of rotatable bonds is 9. The maximum atomic E-state index is 12.6. The molecule has 144 valence electrons. The molecule has 1 amide bonds. The molecule has 28 heavy (non-hydrogen) atoms. The zero-order valence-electron chi connectivity index (χ0n) is 16.0. The number of hydrogen-bond donors (Lipinski definition) is 2. The number of pyridine rings is 1. The van der Waals surface area contributed by atoms with Gasteiger partial charge in [-0.25, -0.2) is 0 Å². The Hall–Kier alpha value is -3.34. The Balaban J connectivity index is 1.56. The van der Waals surface area contributed by atoms with Gasteiger partial charge in [-0.15, -0.1) is 0 Å². The summed E-state index contributed by atoms with van der Waals surface area (Å²) in [5.74, 6) is 0.383. The highest BCUT2D eigenvalue weighted by molar-refractivity contribution is 6.04. The van der Waals surface area contributed by atoms with Crippen LogP contribution in [0.4, 0.5) is 11.4 Å². The van der Waals surface area contributed by atoms with Crippen molar-refractivity contribution in [2.75, 3.05) is 23.8 Å². The lowest BCUT2D eigenvalue weighted by molar-refractivity contribution is 0.102. The molecule has 0 aliphatic heterocycles. The van der Waals surface area contributed by atoms with E-state index < -0.39 is 0 Å². The zero-order chi connectivity index (χ0) is 19.6. The number of nitrogens with one attached hydrogen (secondary N) is 2. The highest BCUT2D eigenvalue weighted by Crippen LogP contribution is 2.24. The second kappa shape index (κ2) is 10.1. The van der Waals surface area contributed by atoms with Crippen molar-refractivity contribution >= 4 is 17.3 Å². The second-order valence-electron chi connectivity index (χ2n) is 6.33. The molecule has 5 nitrogen and oxygen atoms in total. The van der Waals surface area contributed by atoms with Crippen LogP contribution in [0.15, 0.2) is 72.9 Å². The van der Waals surface area contributed by atoms with Crippen molar-refractivity contribution < 1.29 is 9.53 Å². The third-order valence-electron chi connectivity index (χ3n) is 4.24. The van der Waals surface area contributed by atoms with Crippen LogP contribution in [0.1, 0.15) is 29.4 Å². The first-order valence-electron chi connectivity index (χ1n) is 9.53. The van der Waals surface area contributed by atoms with E-state index in [9.17, 15) is 4.79 Å². The van der Waals surface area contributed by atoms with E-state index in [4.69, 9.17) is 4.74 Å². The monoisotopic (exact) mass is 375 g/mol. The molecule has 3 rings (SSSR count). The first kappa shape index (κ1) is 19.4. The van der Waals surface area contributed by atoms with E-state index in [-0.39, 0.29) is 5.91 Å². The highest BCUT2D eigenvalue weighted by atomic mass is 16.5. The molecule has 0 spiro atoms. The van der Waals surface area contributed by atoms with Crippen LogP contribution < -0.4 is 15.4 Å². The number of para-hydroxylation sites is 2. The first-order chi connectivity index (χ1) is 13.8. The fourth-order valence-electron chi connectivity index (χ4n) is 2.87. The molecule has 0 atom stereocenters. The Morgan fingerprint density at radius 1 is 1.04 bits per heavy atom. The van der Waals surface area contributed by atoms with Crippen LogP contribution in [0.2, 0.25) is 0 Å². The minimum atomic E-state index is -0.264. The summed E-state index contributed by atoms with van der Waals surface area (Å²) in [5.41, 5.74) is 3.20. The van der Waals surface area contributed by atoms with Crippen LogP contribution >= 0.6 is 0 Å². The molecule has 0 bridgehead atoms. The minimum absolute atomic E-state index is 0.264. The van der Waals surface area contributed by atoms with Gasteiger partial charge < -0.3 is 15.4 Å². The molecule has 0 unspecified atom stereocenters. The van der Waals surface area contributed by atoms with Crippen molar-refractivity contribution in [1.82, 2.24) is 4.98 Å². The number of ether oxygens (including phenoxy) is 1. The van der Waals surface area contributed by atoms with E-state index in [1.54, 1.807) is 12.3 Å². The summed E-state index contributed by atoms with van der Waals surface area (Å²) in [6.07, 6.45) is 3.67. The van der Waals surface area contributed by atoms with Crippen molar-refractivity contribution in [3.8, 4) is 5.75 Å². The zero-order valence-corrected chi connectivity index (χ0v) is 16.0. The fraction of sp³-hybridized carbons (Fsp3) is 0.217. The van der Waals surface area contributed by atoms with Crippen LogP contribution in [0, 0.1) is 0 Å². The summed E-state index contributed by atoms with van der Waals surface area (Å²) in [6.45, 7) is 3.27. The lowest BCUT2D eigenvalue weighted by Crippen LogP contribution is -2.15. The Morgan fingerprint density at radius 3 is 2.64 bits per heavy atom. The van der Waals surface area contributed by atoms with Crippen molar-refractivity contribution in [3.63, 3.8) is 0 Å². The average Bonchev–Trinajstić information content (AvgIpc) is 2.74. The van der Waals surface area contributed by atoms with Gasteiger partial charge in [0.05, 0.1) is 12.3 Å². The third kappa shape index (κ3) is 5.58. The minimum Gasteiger partial charge on any atom is -0.492 e. The third-order valence-corrected chi connectivity index (χ3v) is 4.24. The standard InChI is InChI=1S/C23H25N3O2/c1-2-28-22-13-7-6-12-20(22)26-23(27)21-17-19(14-16-25-21)24-15-8-11-18-9-4-3-5-10-18/h3-7,9-10,12-14,16-17H,2,8,11,15H2,1H3,(H,24,25)(H,26,27). The highest BCUT2D eigenvalue weighted by Gasteiger charge is 2.11. The van der Waals surface area contributed by atoms with Gasteiger partial charge in [0.1, 0.15) is 11.4 Å². The maximum Gasteiger partial charge on any atom is 0.274 e. The molecule has 0 aliphatic carbocycles. The van der Waals surface area contributed by atoms with Crippen LogP contribution in [-0.2, 0) is 6.42 Å². The van der Waals surface area contributed by atoms with Crippen molar-refractivity contribution in [3.05, 3.63) is 84.2 Å². The van der Waals surface area contributed by atoms with Gasteiger partial charge in [0.15, 0.2) is 0 Å². The van der Waals surface area contributed by atoms with E-state index in [0.29, 0.717) is 23.7 Å². The Labute approximate surface area is 165 Å². The number of carbonyl (C=O) groups excluding carboxylic acids is 1. The lowest BCUT2D eigenvalue weighted by Gasteiger charge is -2.12. The predicted molar refractivity (Wildman–Crippen MR) is 113 cm³/mol. The van der Waals surface area contributed by atoms with E-state index in [1.165, 1.54) is 5.56 Å². The number of anilines is 2. The molecule has 0 saturated heterocycles. The van der Waals surface area contributed by atoms with Gasteiger partial charge in [-0.3, -0.25) is 9.78 Å². The number of benzene rings is 2. The molecule has 0 radical (unpaired) electrons. The van der Waals surface area contributed by atoms with Crippen LogP contribution in [0.25, 0.3) is 0 Å². The van der Waals surface area contributed by atoms with E-state index >= 15 is 0 Å². The Bertz CT molecular complexity index is 897. The maximum absolute atomic E-state index is 12.6. The second-order valence-corrected chi connectivity index (χ2v) is 6.33. The molecule has 2 N–H and O–H groups in total. The summed E-state index contributed by atoms with van der Waals surface area (Å²) in [6, 6.07) is 21.4. The summed E-state index contributed by atoms with van der Waals surface area (Å²) in [5, 5.41) is 6.23. The normalized spacial score (nSPS) is 10.3. The predicted octanol–water partition coefficient (Wildman–Crippen LogP) is 4.78. The Kier molecular flexibility index (Phi) is 7.01. The lowest BCUT2D eigenvalue weighted by atomic mass is 10.1.